The molecule has 0 bridgehead atoms. The molecule has 86 heavy (non-hydrogen) atoms. The highest BCUT2D eigenvalue weighted by molar-refractivity contribution is 5.74. The van der Waals surface area contributed by atoms with Crippen LogP contribution in [0, 0.1) is 0 Å². The van der Waals surface area contributed by atoms with Crippen molar-refractivity contribution in [1.29, 1.82) is 0 Å². The number of ether oxygens (including phenoxy) is 13. The zero-order chi connectivity index (χ0) is 63.5. The van der Waals surface area contributed by atoms with E-state index >= 15 is 0 Å². The van der Waals surface area contributed by atoms with E-state index in [1.807, 2.05) is 0 Å². The average molecular weight is 1260 g/mol. The number of carbonyl (C=O) groups is 3. The van der Waals surface area contributed by atoms with Crippen molar-refractivity contribution in [1.82, 2.24) is 16.0 Å². The number of rotatable bonds is 21. The average Bonchev–Trinajstić information content (AvgIpc) is 1.32. The van der Waals surface area contributed by atoms with Crippen molar-refractivity contribution in [3.63, 3.8) is 0 Å². The maximum Gasteiger partial charge on any atom is 0.217 e. The summed E-state index contributed by atoms with van der Waals surface area (Å²) in [4.78, 5) is 37.3. The van der Waals surface area contributed by atoms with Crippen molar-refractivity contribution < 1.29 is 173 Å². The summed E-state index contributed by atoms with van der Waals surface area (Å²) in [6.07, 6.45) is -61.1. The second-order valence-electron chi connectivity index (χ2n) is 21.8. The van der Waals surface area contributed by atoms with E-state index in [0.29, 0.717) is 0 Å². The van der Waals surface area contributed by atoms with Gasteiger partial charge in [0.25, 0.3) is 0 Å². The number of aliphatic hydroxyl groups excluding tert-OH is 19. The second-order valence-corrected chi connectivity index (χ2v) is 21.8. The summed E-state index contributed by atoms with van der Waals surface area (Å²) >= 11 is 0. The summed E-state index contributed by atoms with van der Waals surface area (Å²) in [7, 11) is 0. The predicted octanol–water partition coefficient (Wildman–Crippen LogP) is -14.8. The minimum atomic E-state index is -2.34. The molecule has 7 aliphatic heterocycles. The fraction of sp³-hybridized carbons (Fsp3) is 0.938. The van der Waals surface area contributed by atoms with Crippen molar-refractivity contribution >= 4 is 17.7 Å². The van der Waals surface area contributed by atoms with Crippen molar-refractivity contribution in [3.8, 4) is 0 Å². The van der Waals surface area contributed by atoms with E-state index in [1.54, 1.807) is 0 Å². The van der Waals surface area contributed by atoms with E-state index in [1.165, 1.54) is 6.92 Å². The number of hydrogen-bond donors (Lipinski definition) is 22. The van der Waals surface area contributed by atoms with Gasteiger partial charge in [0.15, 0.2) is 44.0 Å². The van der Waals surface area contributed by atoms with E-state index in [2.05, 4.69) is 16.0 Å². The normalized spacial score (nSPS) is 49.4. The molecule has 7 rings (SSSR count). The van der Waals surface area contributed by atoms with E-state index in [9.17, 15) is 111 Å². The number of nitrogens with one attached hydrogen (secondary N) is 3. The molecule has 0 aliphatic carbocycles. The highest BCUT2D eigenvalue weighted by Gasteiger charge is 2.58. The van der Waals surface area contributed by atoms with Gasteiger partial charge in [0, 0.05) is 20.8 Å². The standard InChI is InChI=1S/C48H81N3O35/c1-11-24(59)32(67)35(70)45(76-11)74-10-20-39(30(65)21(42(73)77-20)49-12(2)56)83-44-23(51-14(4)58)31(66)38(18(8-55)81-44)84-47-37(72)40(85-46-36(71)33(68)26(61)16(6-53)79-46)28(63)19(82-47)9-75-48-41(34(69)27(62)17(7-54)80-48)86-43-22(50-13(3)57)29(64)25(60)15(5-52)78-43/h11,15-48,52-55,59-73H,5-10H2,1-4H3,(H,49,56)(H,50,57)(H,51,58)/t11-,15+,16+,17+,18+,19+,20+,21+,22+,23+,24+,25+,26+,27+,28+,29+,30+,31+,32+,33-,34-,35-,36-,37-,38+,39+,40-,41-,42+,43-,44-,45-,46+,47-,48-/m0/s1. The van der Waals surface area contributed by atoms with Crippen LogP contribution >= 0.6 is 0 Å². The van der Waals surface area contributed by atoms with Crippen molar-refractivity contribution in [2.24, 2.45) is 0 Å². The number of amides is 3. The summed E-state index contributed by atoms with van der Waals surface area (Å²) in [5, 5.41) is 214. The molecule has 3 amide bonds. The van der Waals surface area contributed by atoms with Gasteiger partial charge in [-0.25, -0.2) is 0 Å². The van der Waals surface area contributed by atoms with Crippen LogP contribution < -0.4 is 16.0 Å². The van der Waals surface area contributed by atoms with Gasteiger partial charge < -0.3 is 175 Å². The molecule has 7 fully saturated rings. The lowest BCUT2D eigenvalue weighted by molar-refractivity contribution is -0.387. The van der Waals surface area contributed by atoms with Crippen molar-refractivity contribution in [3.05, 3.63) is 0 Å². The molecule has 0 spiro atoms. The molecule has 35 atom stereocenters. The Hall–Kier alpha value is -2.87. The third kappa shape index (κ3) is 15.5. The fourth-order valence-electron chi connectivity index (χ4n) is 10.9. The Bertz CT molecular complexity index is 2170. The number of carbonyl (C=O) groups excluding carboxylic acids is 3. The third-order valence-electron chi connectivity index (χ3n) is 15.7. The first-order valence-corrected chi connectivity index (χ1v) is 27.5. The third-order valence-corrected chi connectivity index (χ3v) is 15.7. The maximum atomic E-state index is 12.9. The summed E-state index contributed by atoms with van der Waals surface area (Å²) in [5.41, 5.74) is 0. The zero-order valence-electron chi connectivity index (χ0n) is 46.5. The molecule has 0 radical (unpaired) electrons. The Labute approximate surface area is 488 Å². The Kier molecular flexibility index (Phi) is 25.0. The number of hydrogen-bond acceptors (Lipinski definition) is 35. The molecule has 0 aromatic carbocycles. The van der Waals surface area contributed by atoms with Crippen LogP contribution in [0.5, 0.6) is 0 Å². The lowest BCUT2D eigenvalue weighted by Crippen LogP contribution is -2.70. The summed E-state index contributed by atoms with van der Waals surface area (Å²) in [6, 6.07) is -5.16. The minimum absolute atomic E-state index is 0.766. The van der Waals surface area contributed by atoms with Gasteiger partial charge in [0.05, 0.1) is 45.7 Å². The van der Waals surface area contributed by atoms with Crippen LogP contribution in [-0.4, -0.2) is 369 Å². The van der Waals surface area contributed by atoms with Gasteiger partial charge >= 0.3 is 0 Å². The van der Waals surface area contributed by atoms with Gasteiger partial charge in [-0.05, 0) is 6.92 Å². The Morgan fingerprint density at radius 2 is 0.709 bits per heavy atom. The maximum absolute atomic E-state index is 12.9. The van der Waals surface area contributed by atoms with E-state index in [-0.39, 0.29) is 0 Å². The Morgan fingerprint density at radius 3 is 1.28 bits per heavy atom. The summed E-state index contributed by atoms with van der Waals surface area (Å²) in [5.74, 6) is -2.46. The van der Waals surface area contributed by atoms with E-state index < -0.39 is 272 Å². The van der Waals surface area contributed by atoms with Gasteiger partial charge in [-0.3, -0.25) is 14.4 Å². The summed E-state index contributed by atoms with van der Waals surface area (Å²) < 4.78 is 75.7. The Balaban J connectivity index is 1.17. The van der Waals surface area contributed by atoms with Gasteiger partial charge in [0.1, 0.15) is 165 Å². The molecule has 22 N–H and O–H groups in total. The van der Waals surface area contributed by atoms with E-state index in [4.69, 9.17) is 61.6 Å². The van der Waals surface area contributed by atoms with Crippen LogP contribution in [0.3, 0.4) is 0 Å². The lowest BCUT2D eigenvalue weighted by Gasteiger charge is -2.50. The van der Waals surface area contributed by atoms with Crippen LogP contribution in [0.15, 0.2) is 0 Å². The quantitative estimate of drug-likeness (QED) is 0.0507. The molecule has 0 aromatic rings. The monoisotopic (exact) mass is 1260 g/mol. The van der Waals surface area contributed by atoms with Crippen LogP contribution in [0.4, 0.5) is 0 Å². The zero-order valence-corrected chi connectivity index (χ0v) is 46.5. The minimum Gasteiger partial charge on any atom is -0.394 e. The highest BCUT2D eigenvalue weighted by Crippen LogP contribution is 2.37. The smallest absolute Gasteiger partial charge is 0.217 e. The molecule has 0 aromatic heterocycles. The van der Waals surface area contributed by atoms with Gasteiger partial charge in [-0.15, -0.1) is 0 Å². The van der Waals surface area contributed by atoms with E-state index in [0.717, 1.165) is 20.8 Å². The van der Waals surface area contributed by atoms with Crippen LogP contribution in [0.25, 0.3) is 0 Å². The second kappa shape index (κ2) is 30.5. The molecular weight excluding hydrogens is 1180 g/mol. The molecule has 0 unspecified atom stereocenters. The van der Waals surface area contributed by atoms with Crippen LogP contribution in [0.1, 0.15) is 27.7 Å². The van der Waals surface area contributed by atoms with Gasteiger partial charge in [-0.1, -0.05) is 0 Å². The largest absolute Gasteiger partial charge is 0.394 e. The van der Waals surface area contributed by atoms with Gasteiger partial charge in [0.2, 0.25) is 17.7 Å². The van der Waals surface area contributed by atoms with Crippen molar-refractivity contribution in [2.45, 2.75) is 242 Å². The topological polar surface area (TPSA) is 592 Å². The lowest BCUT2D eigenvalue weighted by atomic mass is 9.93. The molecule has 38 nitrogen and oxygen atoms in total. The SMILES string of the molecule is CC(=O)N[C@@H]1[C@@H](O)[C@H](O[C@@H]2O[C@H](CO)[C@@H](O[C@@H]3O[C@H](CO[C@H]4O[C@H](CO)[C@@H](O)[C@H](O)[C@@H]4O[C@@H]4O[C@H](CO)[C@@H](O)[C@H](O)[C@H]4NC(C)=O)[C@@H](O)[C@H](O[C@H]4O[C@H](CO)[C@@H](O)[C@H](O)[C@@H]4O)[C@@H]3O)[C@H](O)[C@H]2NC(C)=O)[C@@H](CO[C@H]2O[C@@H](C)[C@@H](O)[C@@H](O)[C@@H]2O)O[C@H]1O. The Morgan fingerprint density at radius 1 is 0.326 bits per heavy atom. The highest BCUT2D eigenvalue weighted by atomic mass is 16.8. The molecular formula is C48H81N3O35. The molecule has 7 heterocycles. The molecule has 7 saturated heterocycles. The van der Waals surface area contributed by atoms with Crippen LogP contribution in [-0.2, 0) is 76.0 Å². The molecule has 498 valence electrons. The first-order valence-electron chi connectivity index (χ1n) is 27.5. The molecule has 0 saturated carbocycles. The number of aliphatic hydroxyl groups is 19. The van der Waals surface area contributed by atoms with Gasteiger partial charge in [-0.2, -0.15) is 0 Å². The van der Waals surface area contributed by atoms with Crippen LogP contribution in [0.2, 0.25) is 0 Å². The first-order chi connectivity index (χ1) is 40.6. The predicted molar refractivity (Wildman–Crippen MR) is 265 cm³/mol. The van der Waals surface area contributed by atoms with Crippen molar-refractivity contribution in [2.75, 3.05) is 39.6 Å². The summed E-state index contributed by atoms with van der Waals surface area (Å²) in [6.45, 7) is -1.39. The fourth-order valence-corrected chi connectivity index (χ4v) is 10.9. The molecule has 7 aliphatic rings. The first kappa shape index (κ1) is 70.6. The molecule has 38 heteroatoms.